The Morgan fingerprint density at radius 1 is 1.25 bits per heavy atom. The van der Waals surface area contributed by atoms with Gasteiger partial charge >= 0.3 is 0 Å². The predicted molar refractivity (Wildman–Crippen MR) is 73.2 cm³/mol. The fourth-order valence-corrected chi connectivity index (χ4v) is 4.08. The van der Waals surface area contributed by atoms with Gasteiger partial charge in [-0.3, -0.25) is 0 Å². The summed E-state index contributed by atoms with van der Waals surface area (Å²) in [5.74, 6) is -1.54. The highest BCUT2D eigenvalue weighted by Gasteiger charge is 2.34. The molecule has 0 aromatic heterocycles. The molecule has 20 heavy (non-hydrogen) atoms. The summed E-state index contributed by atoms with van der Waals surface area (Å²) in [5, 5.41) is 0. The van der Waals surface area contributed by atoms with E-state index in [2.05, 4.69) is 4.72 Å². The first-order valence-corrected chi connectivity index (χ1v) is 8.41. The van der Waals surface area contributed by atoms with Crippen molar-refractivity contribution in [2.24, 2.45) is 5.41 Å². The molecular weight excluding hydrogens is 308 g/mol. The Morgan fingerprint density at radius 3 is 2.45 bits per heavy atom. The molecule has 1 aliphatic rings. The number of benzene rings is 1. The summed E-state index contributed by atoms with van der Waals surface area (Å²) >= 11 is 5.93. The van der Waals surface area contributed by atoms with Crippen molar-refractivity contribution in [3.05, 3.63) is 29.8 Å². The Morgan fingerprint density at radius 2 is 1.90 bits per heavy atom. The molecule has 3 nitrogen and oxygen atoms in total. The molecule has 0 aliphatic heterocycles. The maximum Gasteiger partial charge on any atom is 0.243 e. The van der Waals surface area contributed by atoms with Crippen molar-refractivity contribution in [3.63, 3.8) is 0 Å². The van der Waals surface area contributed by atoms with Crippen molar-refractivity contribution in [2.45, 2.75) is 30.6 Å². The third kappa shape index (κ3) is 3.30. The van der Waals surface area contributed by atoms with Crippen LogP contribution in [0.3, 0.4) is 0 Å². The molecule has 1 aromatic rings. The highest BCUT2D eigenvalue weighted by molar-refractivity contribution is 7.89. The van der Waals surface area contributed by atoms with Crippen LogP contribution >= 0.6 is 11.6 Å². The first-order valence-electron chi connectivity index (χ1n) is 6.39. The van der Waals surface area contributed by atoms with Crippen LogP contribution in [0.15, 0.2) is 23.1 Å². The van der Waals surface area contributed by atoms with E-state index in [1.807, 2.05) is 0 Å². The molecule has 1 aliphatic carbocycles. The average Bonchev–Trinajstić information content (AvgIpc) is 2.85. The molecule has 0 amide bonds. The van der Waals surface area contributed by atoms with Gasteiger partial charge in [0, 0.05) is 18.5 Å². The lowest BCUT2D eigenvalue weighted by atomic mass is 9.89. The van der Waals surface area contributed by atoms with Crippen LogP contribution in [0.25, 0.3) is 0 Å². The summed E-state index contributed by atoms with van der Waals surface area (Å²) in [4.78, 5) is -0.540. The number of alkyl halides is 1. The van der Waals surface area contributed by atoms with Crippen molar-refractivity contribution in [3.8, 4) is 0 Å². The van der Waals surface area contributed by atoms with Crippen molar-refractivity contribution in [1.29, 1.82) is 0 Å². The Bertz CT molecular complexity index is 586. The molecule has 0 radical (unpaired) electrons. The SMILES string of the molecule is O=S(=O)(NCC1(CCl)CCCC1)c1ccc(F)cc1F. The quantitative estimate of drug-likeness (QED) is 0.847. The Hall–Kier alpha value is -0.720. The van der Waals surface area contributed by atoms with Gasteiger partial charge in [-0.05, 0) is 30.4 Å². The molecule has 0 unspecified atom stereocenters. The summed E-state index contributed by atoms with van der Waals surface area (Å²) in [6, 6.07) is 2.40. The van der Waals surface area contributed by atoms with Gasteiger partial charge in [0.05, 0.1) is 0 Å². The van der Waals surface area contributed by atoms with Crippen molar-refractivity contribution in [1.82, 2.24) is 4.72 Å². The van der Waals surface area contributed by atoms with E-state index in [1.165, 1.54) is 0 Å². The smallest absolute Gasteiger partial charge is 0.210 e. The lowest BCUT2D eigenvalue weighted by molar-refractivity contribution is 0.342. The van der Waals surface area contributed by atoms with Crippen LogP contribution in [0, 0.1) is 17.0 Å². The van der Waals surface area contributed by atoms with Gasteiger partial charge in [-0.2, -0.15) is 0 Å². The highest BCUT2D eigenvalue weighted by Crippen LogP contribution is 2.38. The molecule has 0 saturated heterocycles. The first-order chi connectivity index (χ1) is 9.38. The van der Waals surface area contributed by atoms with Crippen LogP contribution in [-0.2, 0) is 10.0 Å². The van der Waals surface area contributed by atoms with E-state index in [0.29, 0.717) is 11.9 Å². The van der Waals surface area contributed by atoms with Gasteiger partial charge in [-0.15, -0.1) is 11.6 Å². The monoisotopic (exact) mass is 323 g/mol. The molecular formula is C13H16ClF2NO2S. The lowest BCUT2D eigenvalue weighted by Crippen LogP contribution is -2.37. The van der Waals surface area contributed by atoms with Crippen LogP contribution in [0.5, 0.6) is 0 Å². The minimum absolute atomic E-state index is 0.176. The summed E-state index contributed by atoms with van der Waals surface area (Å²) in [6.07, 6.45) is 3.73. The first kappa shape index (κ1) is 15.7. The van der Waals surface area contributed by atoms with E-state index in [-0.39, 0.29) is 12.0 Å². The molecule has 1 fully saturated rings. The van der Waals surface area contributed by atoms with Crippen LogP contribution in [0.4, 0.5) is 8.78 Å². The number of rotatable bonds is 5. The van der Waals surface area contributed by atoms with Crippen LogP contribution in [0.1, 0.15) is 25.7 Å². The zero-order valence-corrected chi connectivity index (χ0v) is 12.4. The lowest BCUT2D eigenvalue weighted by Gasteiger charge is -2.26. The maximum atomic E-state index is 13.5. The van der Waals surface area contributed by atoms with Gasteiger partial charge in [0.25, 0.3) is 0 Å². The van der Waals surface area contributed by atoms with Gasteiger partial charge < -0.3 is 0 Å². The maximum absolute atomic E-state index is 13.5. The molecule has 1 N–H and O–H groups in total. The number of hydrogen-bond acceptors (Lipinski definition) is 2. The van der Waals surface area contributed by atoms with Crippen molar-refractivity contribution in [2.75, 3.05) is 12.4 Å². The van der Waals surface area contributed by atoms with Crippen LogP contribution < -0.4 is 4.72 Å². The van der Waals surface area contributed by atoms with Gasteiger partial charge in [0.1, 0.15) is 16.5 Å². The summed E-state index contributed by atoms with van der Waals surface area (Å²) < 4.78 is 52.9. The highest BCUT2D eigenvalue weighted by atomic mass is 35.5. The fourth-order valence-electron chi connectivity index (χ4n) is 2.50. The summed E-state index contributed by atoms with van der Waals surface area (Å²) in [7, 11) is -3.99. The van der Waals surface area contributed by atoms with E-state index in [4.69, 9.17) is 11.6 Å². The van der Waals surface area contributed by atoms with E-state index < -0.39 is 26.6 Å². The number of halogens is 3. The molecule has 0 atom stereocenters. The van der Waals surface area contributed by atoms with Crippen molar-refractivity contribution >= 4 is 21.6 Å². The third-order valence-electron chi connectivity index (χ3n) is 3.77. The topological polar surface area (TPSA) is 46.2 Å². The van der Waals surface area contributed by atoms with Crippen LogP contribution in [0.2, 0.25) is 0 Å². The summed E-state index contributed by atoms with van der Waals surface area (Å²) in [5.41, 5.74) is -0.259. The summed E-state index contributed by atoms with van der Waals surface area (Å²) in [6.45, 7) is 0.176. The van der Waals surface area contributed by atoms with E-state index in [0.717, 1.165) is 37.8 Å². The fraction of sp³-hybridized carbons (Fsp3) is 0.538. The Kier molecular flexibility index (Phi) is 4.66. The second kappa shape index (κ2) is 5.95. The minimum Gasteiger partial charge on any atom is -0.210 e. The third-order valence-corrected chi connectivity index (χ3v) is 5.77. The minimum atomic E-state index is -3.99. The van der Waals surface area contributed by atoms with Gasteiger partial charge in [0.15, 0.2) is 0 Å². The standard InChI is InChI=1S/C13H16ClF2NO2S/c14-8-13(5-1-2-6-13)9-17-20(18,19)12-4-3-10(15)7-11(12)16/h3-4,7,17H,1-2,5-6,8-9H2. The molecule has 112 valence electrons. The Balaban J connectivity index is 2.15. The second-order valence-electron chi connectivity index (χ2n) is 5.24. The number of nitrogens with one attached hydrogen (secondary N) is 1. The zero-order chi connectivity index (χ0) is 14.8. The van der Waals surface area contributed by atoms with Crippen LogP contribution in [-0.4, -0.2) is 20.8 Å². The Labute approximate surface area is 122 Å². The van der Waals surface area contributed by atoms with E-state index >= 15 is 0 Å². The normalized spacial score (nSPS) is 18.4. The number of hydrogen-bond donors (Lipinski definition) is 1. The largest absolute Gasteiger partial charge is 0.243 e. The molecule has 2 rings (SSSR count). The van der Waals surface area contributed by atoms with Crippen molar-refractivity contribution < 1.29 is 17.2 Å². The van der Waals surface area contributed by atoms with Gasteiger partial charge in [-0.25, -0.2) is 21.9 Å². The van der Waals surface area contributed by atoms with Gasteiger partial charge in [0.2, 0.25) is 10.0 Å². The molecule has 0 bridgehead atoms. The molecule has 1 saturated carbocycles. The second-order valence-corrected chi connectivity index (χ2v) is 7.24. The zero-order valence-electron chi connectivity index (χ0n) is 10.8. The van der Waals surface area contributed by atoms with E-state index in [1.54, 1.807) is 0 Å². The molecule has 1 aromatic carbocycles. The number of sulfonamides is 1. The molecule has 7 heteroatoms. The predicted octanol–water partition coefficient (Wildman–Crippen LogP) is 3.04. The molecule has 0 spiro atoms. The van der Waals surface area contributed by atoms with Gasteiger partial charge in [-0.1, -0.05) is 12.8 Å². The molecule has 0 heterocycles. The average molecular weight is 324 g/mol. The van der Waals surface area contributed by atoms with E-state index in [9.17, 15) is 17.2 Å².